The van der Waals surface area contributed by atoms with Gasteiger partial charge in [-0.05, 0) is 31.9 Å². The lowest BCUT2D eigenvalue weighted by atomic mass is 10.0. The highest BCUT2D eigenvalue weighted by molar-refractivity contribution is 5.74. The Morgan fingerprint density at radius 3 is 2.88 bits per heavy atom. The Kier molecular flexibility index (Phi) is 1.93. The van der Waals surface area contributed by atoms with Gasteiger partial charge in [-0.25, -0.2) is 9.97 Å². The van der Waals surface area contributed by atoms with E-state index in [1.807, 2.05) is 12.1 Å². The molecule has 1 saturated carbocycles. The van der Waals surface area contributed by atoms with Crippen LogP contribution < -0.4 is 5.73 Å². The topological polar surface area (TPSA) is 56.7 Å². The number of hydrogen-bond acceptors (Lipinski definition) is 3. The van der Waals surface area contributed by atoms with E-state index in [4.69, 9.17) is 5.73 Å². The van der Waals surface area contributed by atoms with Crippen molar-refractivity contribution >= 4 is 17.1 Å². The van der Waals surface area contributed by atoms with E-state index >= 15 is 0 Å². The van der Waals surface area contributed by atoms with E-state index in [0.29, 0.717) is 5.95 Å². The fourth-order valence-electron chi connectivity index (χ4n) is 2.82. The number of fused-ring (bicyclic) bond motifs is 1. The molecule has 0 aliphatic heterocycles. The van der Waals surface area contributed by atoms with Crippen molar-refractivity contribution in [2.45, 2.75) is 38.1 Å². The van der Waals surface area contributed by atoms with Crippen molar-refractivity contribution in [1.29, 1.82) is 0 Å². The predicted octanol–water partition coefficient (Wildman–Crippen LogP) is 2.30. The Hall–Kier alpha value is -1.58. The summed E-state index contributed by atoms with van der Waals surface area (Å²) in [5.74, 6) is 0.595. The molecule has 3 rings (SSSR count). The second kappa shape index (κ2) is 3.20. The quantitative estimate of drug-likeness (QED) is 0.795. The van der Waals surface area contributed by atoms with E-state index in [0.717, 1.165) is 11.2 Å². The molecule has 0 bridgehead atoms. The van der Waals surface area contributed by atoms with E-state index in [-0.39, 0.29) is 5.54 Å². The number of imidazole rings is 1. The summed E-state index contributed by atoms with van der Waals surface area (Å²) < 4.78 is 2.12. The smallest absolute Gasteiger partial charge is 0.202 e. The van der Waals surface area contributed by atoms with Crippen LogP contribution in [0.2, 0.25) is 0 Å². The summed E-state index contributed by atoms with van der Waals surface area (Å²) in [6.07, 6.45) is 6.67. The minimum Gasteiger partial charge on any atom is -0.369 e. The molecular weight excluding hydrogens is 200 g/mol. The molecule has 1 aliphatic rings. The van der Waals surface area contributed by atoms with Gasteiger partial charge in [-0.15, -0.1) is 0 Å². The first kappa shape index (κ1) is 9.63. The maximum Gasteiger partial charge on any atom is 0.202 e. The van der Waals surface area contributed by atoms with Gasteiger partial charge in [-0.2, -0.15) is 0 Å². The maximum absolute atomic E-state index is 6.03. The van der Waals surface area contributed by atoms with Gasteiger partial charge in [-0.3, -0.25) is 4.57 Å². The van der Waals surface area contributed by atoms with Gasteiger partial charge < -0.3 is 5.73 Å². The van der Waals surface area contributed by atoms with Gasteiger partial charge >= 0.3 is 0 Å². The van der Waals surface area contributed by atoms with Crippen molar-refractivity contribution in [3.05, 3.63) is 18.3 Å². The summed E-state index contributed by atoms with van der Waals surface area (Å²) in [5.41, 5.74) is 7.95. The summed E-state index contributed by atoms with van der Waals surface area (Å²) in [7, 11) is 0. The van der Waals surface area contributed by atoms with Crippen molar-refractivity contribution in [3.8, 4) is 0 Å². The van der Waals surface area contributed by atoms with Crippen LogP contribution in [0.25, 0.3) is 11.2 Å². The van der Waals surface area contributed by atoms with Gasteiger partial charge in [0.2, 0.25) is 5.95 Å². The third kappa shape index (κ3) is 1.22. The third-order valence-electron chi connectivity index (χ3n) is 3.66. The molecule has 0 saturated heterocycles. The molecule has 4 heteroatoms. The monoisotopic (exact) mass is 216 g/mol. The minimum absolute atomic E-state index is 0.104. The van der Waals surface area contributed by atoms with E-state index < -0.39 is 0 Å². The van der Waals surface area contributed by atoms with Crippen LogP contribution in [0.3, 0.4) is 0 Å². The number of anilines is 1. The maximum atomic E-state index is 6.03. The van der Waals surface area contributed by atoms with E-state index in [2.05, 4.69) is 21.5 Å². The summed E-state index contributed by atoms with van der Waals surface area (Å²) >= 11 is 0. The SMILES string of the molecule is CC1(n2c(N)nc3cccnc32)CCCC1. The first-order valence-electron chi connectivity index (χ1n) is 5.80. The van der Waals surface area contributed by atoms with Crippen LogP contribution in [-0.4, -0.2) is 14.5 Å². The highest BCUT2D eigenvalue weighted by atomic mass is 15.2. The average Bonchev–Trinajstić information content (AvgIpc) is 2.81. The largest absolute Gasteiger partial charge is 0.369 e. The third-order valence-corrected chi connectivity index (χ3v) is 3.66. The van der Waals surface area contributed by atoms with Crippen LogP contribution in [-0.2, 0) is 5.54 Å². The molecular formula is C12H16N4. The number of nitrogens with two attached hydrogens (primary N) is 1. The molecule has 0 radical (unpaired) electrons. The Bertz CT molecular complexity index is 523. The molecule has 0 atom stereocenters. The summed E-state index contributed by atoms with van der Waals surface area (Å²) in [6, 6.07) is 3.86. The molecule has 1 aliphatic carbocycles. The summed E-state index contributed by atoms with van der Waals surface area (Å²) in [6.45, 7) is 2.26. The highest BCUT2D eigenvalue weighted by Crippen LogP contribution is 2.39. The Balaban J connectivity index is 2.26. The predicted molar refractivity (Wildman–Crippen MR) is 64.1 cm³/mol. The van der Waals surface area contributed by atoms with E-state index in [1.54, 1.807) is 6.20 Å². The Labute approximate surface area is 94.5 Å². The van der Waals surface area contributed by atoms with Crippen LogP contribution in [0.4, 0.5) is 5.95 Å². The van der Waals surface area contributed by atoms with Gasteiger partial charge in [0.25, 0.3) is 0 Å². The molecule has 16 heavy (non-hydrogen) atoms. The zero-order chi connectivity index (χ0) is 11.2. The number of hydrogen-bond donors (Lipinski definition) is 1. The van der Waals surface area contributed by atoms with Crippen LogP contribution in [0, 0.1) is 0 Å². The lowest BCUT2D eigenvalue weighted by molar-refractivity contribution is 0.342. The molecule has 2 N–H and O–H groups in total. The summed E-state index contributed by atoms with van der Waals surface area (Å²) in [5, 5.41) is 0. The fraction of sp³-hybridized carbons (Fsp3) is 0.500. The normalized spacial score (nSPS) is 19.3. The molecule has 84 valence electrons. The van der Waals surface area contributed by atoms with Crippen LogP contribution in [0.5, 0.6) is 0 Å². The van der Waals surface area contributed by atoms with Crippen LogP contribution >= 0.6 is 0 Å². The zero-order valence-electron chi connectivity index (χ0n) is 9.48. The highest BCUT2D eigenvalue weighted by Gasteiger charge is 2.33. The number of nitrogens with zero attached hydrogens (tertiary/aromatic N) is 3. The first-order chi connectivity index (χ1) is 7.71. The second-order valence-electron chi connectivity index (χ2n) is 4.86. The molecule has 2 aromatic heterocycles. The van der Waals surface area contributed by atoms with Crippen molar-refractivity contribution < 1.29 is 0 Å². The van der Waals surface area contributed by atoms with Gasteiger partial charge in [0.15, 0.2) is 5.65 Å². The average molecular weight is 216 g/mol. The van der Waals surface area contributed by atoms with Crippen molar-refractivity contribution in [1.82, 2.24) is 14.5 Å². The number of nitrogen functional groups attached to an aromatic ring is 1. The van der Waals surface area contributed by atoms with E-state index in [9.17, 15) is 0 Å². The lowest BCUT2D eigenvalue weighted by Crippen LogP contribution is -2.27. The minimum atomic E-state index is 0.104. The first-order valence-corrected chi connectivity index (χ1v) is 5.80. The number of rotatable bonds is 1. The molecule has 1 fully saturated rings. The molecule has 0 aromatic carbocycles. The second-order valence-corrected chi connectivity index (χ2v) is 4.86. The molecule has 0 unspecified atom stereocenters. The standard InChI is InChI=1S/C12H16N4/c1-12(6-2-3-7-12)16-10-9(15-11(16)13)5-4-8-14-10/h4-5,8H,2-3,6-7H2,1H3,(H2,13,15). The Morgan fingerprint density at radius 1 is 1.38 bits per heavy atom. The number of aromatic nitrogens is 3. The van der Waals surface area contributed by atoms with Crippen LogP contribution in [0.15, 0.2) is 18.3 Å². The van der Waals surface area contributed by atoms with E-state index in [1.165, 1.54) is 25.7 Å². The number of pyridine rings is 1. The van der Waals surface area contributed by atoms with Gasteiger partial charge in [0.05, 0.1) is 0 Å². The molecule has 2 heterocycles. The molecule has 4 nitrogen and oxygen atoms in total. The molecule has 0 spiro atoms. The van der Waals surface area contributed by atoms with Gasteiger partial charge in [-0.1, -0.05) is 12.8 Å². The van der Waals surface area contributed by atoms with Crippen molar-refractivity contribution in [2.24, 2.45) is 0 Å². The molecule has 2 aromatic rings. The fourth-order valence-corrected chi connectivity index (χ4v) is 2.82. The lowest BCUT2D eigenvalue weighted by Gasteiger charge is -2.26. The molecule has 0 amide bonds. The summed E-state index contributed by atoms with van der Waals surface area (Å²) in [4.78, 5) is 8.79. The van der Waals surface area contributed by atoms with Gasteiger partial charge in [0, 0.05) is 11.7 Å². The van der Waals surface area contributed by atoms with Gasteiger partial charge in [0.1, 0.15) is 5.52 Å². The zero-order valence-corrected chi connectivity index (χ0v) is 9.48. The Morgan fingerprint density at radius 2 is 2.12 bits per heavy atom. The van der Waals surface area contributed by atoms with Crippen molar-refractivity contribution in [2.75, 3.05) is 5.73 Å². The van der Waals surface area contributed by atoms with Crippen molar-refractivity contribution in [3.63, 3.8) is 0 Å². The van der Waals surface area contributed by atoms with Crippen LogP contribution in [0.1, 0.15) is 32.6 Å².